The van der Waals surface area contributed by atoms with Crippen molar-refractivity contribution in [3.05, 3.63) is 18.0 Å². The van der Waals surface area contributed by atoms with Gasteiger partial charge in [0.05, 0.1) is 0 Å². The highest BCUT2D eigenvalue weighted by Crippen LogP contribution is 2.37. The highest BCUT2D eigenvalue weighted by Gasteiger charge is 2.34. The van der Waals surface area contributed by atoms with E-state index < -0.39 is 16.0 Å². The quantitative estimate of drug-likeness (QED) is 0.611. The molecular weight excluding hydrogens is 284 g/mol. The summed E-state index contributed by atoms with van der Waals surface area (Å²) in [6.07, 6.45) is 4.69. The lowest BCUT2D eigenvalue weighted by Crippen LogP contribution is -2.38. The molecule has 1 aromatic heterocycles. The van der Waals surface area contributed by atoms with Gasteiger partial charge >= 0.3 is 5.97 Å². The van der Waals surface area contributed by atoms with Crippen LogP contribution in [0.4, 0.5) is 0 Å². The molecule has 8 heteroatoms. The molecule has 0 aliphatic heterocycles. The first-order valence-corrected chi connectivity index (χ1v) is 7.89. The molecule has 7 nitrogen and oxygen atoms in total. The van der Waals surface area contributed by atoms with E-state index in [9.17, 15) is 18.3 Å². The Morgan fingerprint density at radius 1 is 1.40 bits per heavy atom. The third-order valence-corrected chi connectivity index (χ3v) is 5.21. The Morgan fingerprint density at radius 3 is 2.55 bits per heavy atom. The maximum atomic E-state index is 12.1. The molecule has 1 heterocycles. The SMILES string of the molecule is O=C(O)c1cc(S(=O)(=O)NCC2(CO)CCCC2)c[nH]1. The lowest BCUT2D eigenvalue weighted by molar-refractivity contribution is 0.0691. The maximum Gasteiger partial charge on any atom is 0.352 e. The van der Waals surface area contributed by atoms with Crippen LogP contribution in [0.3, 0.4) is 0 Å². The van der Waals surface area contributed by atoms with Gasteiger partial charge in [-0.2, -0.15) is 0 Å². The number of aromatic amines is 1. The van der Waals surface area contributed by atoms with Crippen molar-refractivity contribution >= 4 is 16.0 Å². The summed E-state index contributed by atoms with van der Waals surface area (Å²) in [4.78, 5) is 13.0. The fraction of sp³-hybridized carbons (Fsp3) is 0.583. The van der Waals surface area contributed by atoms with Crippen molar-refractivity contribution in [1.82, 2.24) is 9.71 Å². The van der Waals surface area contributed by atoms with Crippen LogP contribution < -0.4 is 4.72 Å². The van der Waals surface area contributed by atoms with E-state index in [1.165, 1.54) is 0 Å². The Balaban J connectivity index is 2.08. The number of carboxylic acids is 1. The van der Waals surface area contributed by atoms with Crippen LogP contribution in [-0.4, -0.2) is 42.7 Å². The summed E-state index contributed by atoms with van der Waals surface area (Å²) in [6, 6.07) is 1.07. The largest absolute Gasteiger partial charge is 0.477 e. The van der Waals surface area contributed by atoms with Gasteiger partial charge in [-0.05, 0) is 18.9 Å². The Bertz CT molecular complexity index is 587. The second-order valence-corrected chi connectivity index (χ2v) is 7.01. The number of carbonyl (C=O) groups is 1. The summed E-state index contributed by atoms with van der Waals surface area (Å²) in [7, 11) is -3.76. The zero-order valence-electron chi connectivity index (χ0n) is 10.9. The lowest BCUT2D eigenvalue weighted by atomic mass is 9.88. The molecule has 2 rings (SSSR count). The molecule has 20 heavy (non-hydrogen) atoms. The maximum absolute atomic E-state index is 12.1. The molecule has 0 aromatic carbocycles. The van der Waals surface area contributed by atoms with Gasteiger partial charge in [0.2, 0.25) is 10.0 Å². The topological polar surface area (TPSA) is 119 Å². The van der Waals surface area contributed by atoms with Gasteiger partial charge in [-0.15, -0.1) is 0 Å². The second kappa shape index (κ2) is 5.55. The van der Waals surface area contributed by atoms with E-state index in [2.05, 4.69) is 9.71 Å². The standard InChI is InChI=1S/C12H18N2O5S/c15-8-12(3-1-2-4-12)7-14-20(18,19)9-5-10(11(16)17)13-6-9/h5-6,13-15H,1-4,7-8H2,(H,16,17). The number of carboxylic acid groups (broad SMARTS) is 1. The average Bonchev–Trinajstić information content (AvgIpc) is 3.07. The first-order chi connectivity index (χ1) is 9.38. The zero-order valence-corrected chi connectivity index (χ0v) is 11.7. The number of nitrogens with one attached hydrogen (secondary N) is 2. The number of sulfonamides is 1. The van der Waals surface area contributed by atoms with Crippen LogP contribution in [-0.2, 0) is 10.0 Å². The summed E-state index contributed by atoms with van der Waals surface area (Å²) in [5.41, 5.74) is -0.568. The van der Waals surface area contributed by atoms with E-state index in [0.717, 1.165) is 37.9 Å². The fourth-order valence-electron chi connectivity index (χ4n) is 2.50. The third-order valence-electron chi connectivity index (χ3n) is 3.83. The number of hydrogen-bond donors (Lipinski definition) is 4. The molecule has 0 unspecified atom stereocenters. The molecule has 1 saturated carbocycles. The molecule has 0 atom stereocenters. The molecule has 0 bridgehead atoms. The van der Waals surface area contributed by atoms with Gasteiger partial charge < -0.3 is 15.2 Å². The van der Waals surface area contributed by atoms with Crippen molar-refractivity contribution in [2.45, 2.75) is 30.6 Å². The van der Waals surface area contributed by atoms with Crippen LogP contribution in [0.25, 0.3) is 0 Å². The molecular formula is C12H18N2O5S. The number of aromatic nitrogens is 1. The summed E-state index contributed by atoms with van der Waals surface area (Å²) >= 11 is 0. The van der Waals surface area contributed by atoms with Crippen LogP contribution in [0.1, 0.15) is 36.2 Å². The minimum Gasteiger partial charge on any atom is -0.477 e. The Labute approximate surface area is 117 Å². The summed E-state index contributed by atoms with van der Waals surface area (Å²) in [6.45, 7) is 0.114. The van der Waals surface area contributed by atoms with Crippen LogP contribution in [0.5, 0.6) is 0 Å². The van der Waals surface area contributed by atoms with E-state index >= 15 is 0 Å². The van der Waals surface area contributed by atoms with Crippen molar-refractivity contribution in [1.29, 1.82) is 0 Å². The molecule has 112 valence electrons. The summed E-state index contributed by atoms with van der Waals surface area (Å²) < 4.78 is 26.6. The molecule has 1 aliphatic rings. The van der Waals surface area contributed by atoms with Crippen LogP contribution in [0, 0.1) is 5.41 Å². The second-order valence-electron chi connectivity index (χ2n) is 5.24. The lowest BCUT2D eigenvalue weighted by Gasteiger charge is -2.26. The normalized spacial score (nSPS) is 18.2. The average molecular weight is 302 g/mol. The third kappa shape index (κ3) is 3.02. The minimum absolute atomic E-state index is 0.0525. The van der Waals surface area contributed by atoms with Gasteiger partial charge in [-0.25, -0.2) is 17.9 Å². The van der Waals surface area contributed by atoms with Gasteiger partial charge in [0.25, 0.3) is 0 Å². The number of H-pyrrole nitrogens is 1. The summed E-state index contributed by atoms with van der Waals surface area (Å²) in [5, 5.41) is 18.2. The van der Waals surface area contributed by atoms with E-state index in [1.807, 2.05) is 0 Å². The molecule has 0 saturated heterocycles. The molecule has 4 N–H and O–H groups in total. The number of hydrogen-bond acceptors (Lipinski definition) is 4. The van der Waals surface area contributed by atoms with Crippen molar-refractivity contribution in [3.8, 4) is 0 Å². The number of aliphatic hydroxyl groups excluding tert-OH is 1. The molecule has 1 aromatic rings. The van der Waals surface area contributed by atoms with Crippen LogP contribution in [0.15, 0.2) is 17.2 Å². The van der Waals surface area contributed by atoms with Gasteiger partial charge in [-0.3, -0.25) is 0 Å². The van der Waals surface area contributed by atoms with E-state index in [4.69, 9.17) is 5.11 Å². The molecule has 1 aliphatic carbocycles. The van der Waals surface area contributed by atoms with Crippen molar-refractivity contribution in [2.75, 3.05) is 13.2 Å². The predicted octanol–water partition coefficient (Wildman–Crippen LogP) is 0.544. The minimum atomic E-state index is -3.76. The van der Waals surface area contributed by atoms with Gasteiger partial charge in [-0.1, -0.05) is 12.8 Å². The van der Waals surface area contributed by atoms with E-state index in [0.29, 0.717) is 0 Å². The van der Waals surface area contributed by atoms with Crippen LogP contribution >= 0.6 is 0 Å². The Kier molecular flexibility index (Phi) is 4.17. The number of aromatic carboxylic acids is 1. The molecule has 0 spiro atoms. The van der Waals surface area contributed by atoms with Gasteiger partial charge in [0.1, 0.15) is 10.6 Å². The molecule has 1 fully saturated rings. The van der Waals surface area contributed by atoms with E-state index in [1.54, 1.807) is 0 Å². The number of aliphatic hydroxyl groups is 1. The van der Waals surface area contributed by atoms with Gasteiger partial charge in [0.15, 0.2) is 0 Å². The first kappa shape index (κ1) is 15.0. The monoisotopic (exact) mass is 302 g/mol. The highest BCUT2D eigenvalue weighted by atomic mass is 32.2. The first-order valence-electron chi connectivity index (χ1n) is 6.41. The summed E-state index contributed by atoms with van der Waals surface area (Å²) in [5.74, 6) is -1.21. The van der Waals surface area contributed by atoms with E-state index in [-0.39, 0.29) is 29.2 Å². The predicted molar refractivity (Wildman–Crippen MR) is 70.9 cm³/mol. The van der Waals surface area contributed by atoms with Crippen molar-refractivity contribution in [3.63, 3.8) is 0 Å². The molecule has 0 amide bonds. The molecule has 0 radical (unpaired) electrons. The van der Waals surface area contributed by atoms with Crippen LogP contribution in [0.2, 0.25) is 0 Å². The van der Waals surface area contributed by atoms with Crippen molar-refractivity contribution < 1.29 is 23.4 Å². The Hall–Kier alpha value is -1.38. The Morgan fingerprint density at radius 2 is 2.05 bits per heavy atom. The highest BCUT2D eigenvalue weighted by molar-refractivity contribution is 7.89. The van der Waals surface area contributed by atoms with Crippen molar-refractivity contribution in [2.24, 2.45) is 5.41 Å². The fourth-order valence-corrected chi connectivity index (χ4v) is 3.65. The van der Waals surface area contributed by atoms with Gasteiger partial charge in [0, 0.05) is 24.8 Å². The zero-order chi connectivity index (χ0) is 14.8. The number of rotatable bonds is 6. The smallest absolute Gasteiger partial charge is 0.352 e.